The Morgan fingerprint density at radius 3 is 2.65 bits per heavy atom. The Kier molecular flexibility index (Phi) is 4.87. The lowest BCUT2D eigenvalue weighted by Gasteiger charge is -2.15. The Morgan fingerprint density at radius 1 is 1.41 bits per heavy atom. The summed E-state index contributed by atoms with van der Waals surface area (Å²) in [6, 6.07) is 2.58. The molecule has 1 aromatic carbocycles. The van der Waals surface area contributed by atoms with Crippen LogP contribution in [0.2, 0.25) is 0 Å². The fraction of sp³-hybridized carbons (Fsp3) is 0.417. The van der Waals surface area contributed by atoms with Crippen LogP contribution in [0.3, 0.4) is 0 Å². The number of hydrogen-bond acceptors (Lipinski definition) is 1. The summed E-state index contributed by atoms with van der Waals surface area (Å²) in [6.45, 7) is 3.56. The predicted octanol–water partition coefficient (Wildman–Crippen LogP) is 3.10. The van der Waals surface area contributed by atoms with Gasteiger partial charge in [0.25, 0.3) is 5.91 Å². The van der Waals surface area contributed by atoms with Gasteiger partial charge in [-0.2, -0.15) is 0 Å². The number of nitrogens with one attached hydrogen (secondary N) is 1. The number of amides is 1. The number of benzene rings is 1. The molecule has 0 radical (unpaired) electrons. The van der Waals surface area contributed by atoms with E-state index in [0.29, 0.717) is 6.42 Å². The Hall–Kier alpha value is -1.16. The highest BCUT2D eigenvalue weighted by Crippen LogP contribution is 2.11. The van der Waals surface area contributed by atoms with E-state index < -0.39 is 17.5 Å². The van der Waals surface area contributed by atoms with E-state index >= 15 is 0 Å². The van der Waals surface area contributed by atoms with Crippen molar-refractivity contribution in [1.29, 1.82) is 0 Å². The third-order valence-corrected chi connectivity index (χ3v) is 2.41. The maximum atomic E-state index is 13.3. The SMILES string of the molecule is CC(Cl)CC(C)NC(=O)c1cc(F)ccc1F. The monoisotopic (exact) mass is 261 g/mol. The minimum Gasteiger partial charge on any atom is -0.349 e. The number of hydrogen-bond donors (Lipinski definition) is 1. The van der Waals surface area contributed by atoms with Gasteiger partial charge in [0.2, 0.25) is 0 Å². The standard InChI is InChI=1S/C12H14ClF2NO/c1-7(13)5-8(2)16-12(17)10-6-9(14)3-4-11(10)15/h3-4,6-8H,5H2,1-2H3,(H,16,17). The molecule has 0 spiro atoms. The number of rotatable bonds is 4. The molecular weight excluding hydrogens is 248 g/mol. The third kappa shape index (κ3) is 4.30. The van der Waals surface area contributed by atoms with E-state index in [1.165, 1.54) is 0 Å². The van der Waals surface area contributed by atoms with Gasteiger partial charge in [-0.3, -0.25) is 4.79 Å². The van der Waals surface area contributed by atoms with Crippen LogP contribution in [0, 0.1) is 11.6 Å². The molecule has 0 saturated carbocycles. The molecule has 94 valence electrons. The number of alkyl halides is 1. The fourth-order valence-corrected chi connectivity index (χ4v) is 1.79. The molecule has 1 aromatic rings. The molecule has 0 heterocycles. The maximum absolute atomic E-state index is 13.3. The van der Waals surface area contributed by atoms with E-state index in [-0.39, 0.29) is 17.0 Å². The van der Waals surface area contributed by atoms with E-state index in [1.807, 2.05) is 0 Å². The van der Waals surface area contributed by atoms with Gasteiger partial charge < -0.3 is 5.32 Å². The molecule has 1 amide bonds. The zero-order valence-corrected chi connectivity index (χ0v) is 10.4. The van der Waals surface area contributed by atoms with Crippen LogP contribution >= 0.6 is 11.6 Å². The molecule has 2 unspecified atom stereocenters. The van der Waals surface area contributed by atoms with Gasteiger partial charge in [0, 0.05) is 11.4 Å². The van der Waals surface area contributed by atoms with Crippen LogP contribution in [0.15, 0.2) is 18.2 Å². The molecule has 0 aliphatic carbocycles. The van der Waals surface area contributed by atoms with Gasteiger partial charge >= 0.3 is 0 Å². The van der Waals surface area contributed by atoms with Gasteiger partial charge in [0.1, 0.15) is 11.6 Å². The molecule has 2 nitrogen and oxygen atoms in total. The van der Waals surface area contributed by atoms with Crippen LogP contribution in [0.5, 0.6) is 0 Å². The van der Waals surface area contributed by atoms with Crippen LogP contribution in [0.1, 0.15) is 30.6 Å². The first-order chi connectivity index (χ1) is 7.90. The lowest BCUT2D eigenvalue weighted by Crippen LogP contribution is -2.34. The summed E-state index contributed by atoms with van der Waals surface area (Å²) >= 11 is 5.77. The van der Waals surface area contributed by atoms with Crippen molar-refractivity contribution in [3.63, 3.8) is 0 Å². The van der Waals surface area contributed by atoms with Crippen LogP contribution < -0.4 is 5.32 Å². The largest absolute Gasteiger partial charge is 0.349 e. The highest BCUT2D eigenvalue weighted by molar-refractivity contribution is 6.20. The topological polar surface area (TPSA) is 29.1 Å². The number of halogens is 3. The van der Waals surface area contributed by atoms with Crippen molar-refractivity contribution in [1.82, 2.24) is 5.32 Å². The van der Waals surface area contributed by atoms with Gasteiger partial charge in [0.15, 0.2) is 0 Å². The van der Waals surface area contributed by atoms with Crippen molar-refractivity contribution < 1.29 is 13.6 Å². The first-order valence-electron chi connectivity index (χ1n) is 5.30. The predicted molar refractivity (Wildman–Crippen MR) is 63.2 cm³/mol. The lowest BCUT2D eigenvalue weighted by molar-refractivity contribution is 0.0934. The van der Waals surface area contributed by atoms with E-state index in [9.17, 15) is 13.6 Å². The first-order valence-corrected chi connectivity index (χ1v) is 5.73. The van der Waals surface area contributed by atoms with Crippen LogP contribution in [-0.4, -0.2) is 17.3 Å². The van der Waals surface area contributed by atoms with E-state index in [0.717, 1.165) is 18.2 Å². The Balaban J connectivity index is 2.73. The summed E-state index contributed by atoms with van der Waals surface area (Å²) in [5.74, 6) is -2.02. The molecule has 17 heavy (non-hydrogen) atoms. The van der Waals surface area contributed by atoms with Crippen molar-refractivity contribution in [3.05, 3.63) is 35.4 Å². The lowest BCUT2D eigenvalue weighted by atomic mass is 10.1. The molecule has 0 fully saturated rings. The van der Waals surface area contributed by atoms with Crippen molar-refractivity contribution >= 4 is 17.5 Å². The highest BCUT2D eigenvalue weighted by atomic mass is 35.5. The summed E-state index contributed by atoms with van der Waals surface area (Å²) in [5, 5.41) is 2.47. The summed E-state index contributed by atoms with van der Waals surface area (Å²) in [4.78, 5) is 11.6. The normalized spacial score (nSPS) is 14.2. The average molecular weight is 262 g/mol. The Bertz CT molecular complexity index is 409. The molecule has 0 aromatic heterocycles. The van der Waals surface area contributed by atoms with Crippen molar-refractivity contribution in [2.24, 2.45) is 0 Å². The molecule has 1 rings (SSSR count). The number of carbonyl (C=O) groups is 1. The van der Waals surface area contributed by atoms with Gasteiger partial charge in [-0.15, -0.1) is 11.6 Å². The molecule has 5 heteroatoms. The van der Waals surface area contributed by atoms with Crippen LogP contribution in [0.4, 0.5) is 8.78 Å². The van der Waals surface area contributed by atoms with Crippen molar-refractivity contribution in [2.45, 2.75) is 31.7 Å². The molecule has 0 saturated heterocycles. The Morgan fingerprint density at radius 2 is 2.06 bits per heavy atom. The highest BCUT2D eigenvalue weighted by Gasteiger charge is 2.15. The molecule has 0 aliphatic rings. The summed E-state index contributed by atoms with van der Waals surface area (Å²) in [5.41, 5.74) is -0.293. The van der Waals surface area contributed by atoms with E-state index in [2.05, 4.69) is 5.32 Å². The summed E-state index contributed by atoms with van der Waals surface area (Å²) < 4.78 is 26.2. The second-order valence-electron chi connectivity index (χ2n) is 4.02. The first kappa shape index (κ1) is 13.9. The van der Waals surface area contributed by atoms with E-state index in [1.54, 1.807) is 13.8 Å². The average Bonchev–Trinajstić information content (AvgIpc) is 2.20. The van der Waals surface area contributed by atoms with Gasteiger partial charge in [0.05, 0.1) is 5.56 Å². The summed E-state index contributed by atoms with van der Waals surface area (Å²) in [7, 11) is 0. The van der Waals surface area contributed by atoms with Gasteiger partial charge in [-0.05, 0) is 38.5 Å². The Labute approximate surface area is 104 Å². The van der Waals surface area contributed by atoms with Crippen molar-refractivity contribution in [2.75, 3.05) is 0 Å². The molecule has 0 bridgehead atoms. The zero-order chi connectivity index (χ0) is 13.0. The maximum Gasteiger partial charge on any atom is 0.254 e. The smallest absolute Gasteiger partial charge is 0.254 e. The molecular formula is C12H14ClF2NO. The zero-order valence-electron chi connectivity index (χ0n) is 9.64. The van der Waals surface area contributed by atoms with Crippen LogP contribution in [-0.2, 0) is 0 Å². The quantitative estimate of drug-likeness (QED) is 0.829. The van der Waals surface area contributed by atoms with Crippen LogP contribution in [0.25, 0.3) is 0 Å². The van der Waals surface area contributed by atoms with Gasteiger partial charge in [-0.1, -0.05) is 0 Å². The second kappa shape index (κ2) is 5.96. The fourth-order valence-electron chi connectivity index (χ4n) is 1.52. The van der Waals surface area contributed by atoms with E-state index in [4.69, 9.17) is 11.6 Å². The van der Waals surface area contributed by atoms with Crippen molar-refractivity contribution in [3.8, 4) is 0 Å². The third-order valence-electron chi connectivity index (χ3n) is 2.23. The number of carbonyl (C=O) groups excluding carboxylic acids is 1. The molecule has 0 aliphatic heterocycles. The van der Waals surface area contributed by atoms with Gasteiger partial charge in [-0.25, -0.2) is 8.78 Å². The summed E-state index contributed by atoms with van der Waals surface area (Å²) in [6.07, 6.45) is 0.560. The second-order valence-corrected chi connectivity index (χ2v) is 4.76. The molecule has 1 N–H and O–H groups in total. The molecule has 2 atom stereocenters. The minimum atomic E-state index is -0.741. The minimum absolute atomic E-state index is 0.0948.